The van der Waals surface area contributed by atoms with Crippen LogP contribution in [0.25, 0.3) is 0 Å². The van der Waals surface area contributed by atoms with Gasteiger partial charge in [-0.05, 0) is 48.4 Å². The summed E-state index contributed by atoms with van der Waals surface area (Å²) in [4.78, 5) is 4.42. The van der Waals surface area contributed by atoms with Gasteiger partial charge in [0.2, 0.25) is 0 Å². The summed E-state index contributed by atoms with van der Waals surface area (Å²) in [7, 11) is 0. The van der Waals surface area contributed by atoms with Crippen molar-refractivity contribution in [3.8, 4) is 11.8 Å². The number of hydrogen-bond acceptors (Lipinski definition) is 4. The fourth-order valence-corrected chi connectivity index (χ4v) is 2.40. The van der Waals surface area contributed by atoms with Crippen LogP contribution in [0.4, 0.5) is 5.69 Å². The highest BCUT2D eigenvalue weighted by Gasteiger charge is 2.04. The topological polar surface area (TPSA) is 57.9 Å². The number of benzene rings is 2. The van der Waals surface area contributed by atoms with Crippen molar-refractivity contribution < 1.29 is 4.74 Å². The largest absolute Gasteiger partial charge is 0.487 e. The molecule has 1 heterocycles. The minimum Gasteiger partial charge on any atom is -0.487 e. The highest BCUT2D eigenvalue weighted by Crippen LogP contribution is 2.19. The molecule has 0 atom stereocenters. The van der Waals surface area contributed by atoms with E-state index in [2.05, 4.69) is 16.4 Å². The van der Waals surface area contributed by atoms with Crippen molar-refractivity contribution in [3.63, 3.8) is 0 Å². The summed E-state index contributed by atoms with van der Waals surface area (Å²) in [5.41, 5.74) is 4.66. The van der Waals surface area contributed by atoms with Crippen LogP contribution in [0.1, 0.15) is 22.4 Å². The minimum atomic E-state index is 0.524. The SMILES string of the molecule is Cc1ncc(CNc2ccc(C#N)cc2)cc1OCc1ccccc1. The molecule has 1 aromatic heterocycles. The molecule has 124 valence electrons. The van der Waals surface area contributed by atoms with E-state index in [4.69, 9.17) is 10.00 Å². The van der Waals surface area contributed by atoms with Gasteiger partial charge in [-0.2, -0.15) is 5.26 Å². The van der Waals surface area contributed by atoms with Crippen molar-refractivity contribution in [3.05, 3.63) is 89.2 Å². The molecule has 4 nitrogen and oxygen atoms in total. The highest BCUT2D eigenvalue weighted by molar-refractivity contribution is 5.47. The van der Waals surface area contributed by atoms with Crippen molar-refractivity contribution >= 4 is 5.69 Å². The molecule has 0 bridgehead atoms. The Hall–Kier alpha value is -3.32. The van der Waals surface area contributed by atoms with E-state index in [1.165, 1.54) is 0 Å². The first kappa shape index (κ1) is 16.5. The fraction of sp³-hybridized carbons (Fsp3) is 0.143. The third kappa shape index (κ3) is 4.58. The predicted molar refractivity (Wildman–Crippen MR) is 98.2 cm³/mol. The fourth-order valence-electron chi connectivity index (χ4n) is 2.40. The molecule has 4 heteroatoms. The lowest BCUT2D eigenvalue weighted by Crippen LogP contribution is -2.03. The van der Waals surface area contributed by atoms with Crippen LogP contribution in [-0.2, 0) is 13.2 Å². The number of pyridine rings is 1. The summed E-state index contributed by atoms with van der Waals surface area (Å²) >= 11 is 0. The molecule has 2 aromatic carbocycles. The molecule has 0 saturated carbocycles. The van der Waals surface area contributed by atoms with E-state index < -0.39 is 0 Å². The van der Waals surface area contributed by atoms with E-state index in [-0.39, 0.29) is 0 Å². The van der Waals surface area contributed by atoms with Gasteiger partial charge < -0.3 is 10.1 Å². The maximum atomic E-state index is 8.83. The minimum absolute atomic E-state index is 0.524. The molecule has 0 aliphatic rings. The van der Waals surface area contributed by atoms with E-state index >= 15 is 0 Å². The second-order valence-electron chi connectivity index (χ2n) is 5.74. The van der Waals surface area contributed by atoms with Gasteiger partial charge in [-0.15, -0.1) is 0 Å². The molecule has 0 amide bonds. The summed E-state index contributed by atoms with van der Waals surface area (Å²) in [6, 6.07) is 21.6. The zero-order valence-electron chi connectivity index (χ0n) is 14.1. The van der Waals surface area contributed by atoms with Gasteiger partial charge in [-0.3, -0.25) is 4.98 Å². The number of nitrogens with one attached hydrogen (secondary N) is 1. The first-order valence-electron chi connectivity index (χ1n) is 8.11. The molecule has 0 saturated heterocycles. The first-order valence-corrected chi connectivity index (χ1v) is 8.11. The average molecular weight is 329 g/mol. The van der Waals surface area contributed by atoms with Crippen LogP contribution in [0.3, 0.4) is 0 Å². The summed E-state index contributed by atoms with van der Waals surface area (Å²) in [5, 5.41) is 12.2. The number of aromatic nitrogens is 1. The van der Waals surface area contributed by atoms with Gasteiger partial charge >= 0.3 is 0 Å². The molecule has 3 rings (SSSR count). The molecule has 1 N–H and O–H groups in total. The van der Waals surface area contributed by atoms with Gasteiger partial charge in [0.15, 0.2) is 0 Å². The molecule has 0 unspecified atom stereocenters. The van der Waals surface area contributed by atoms with Crippen molar-refractivity contribution in [2.45, 2.75) is 20.1 Å². The predicted octanol–water partition coefficient (Wildman–Crippen LogP) is 4.45. The maximum absolute atomic E-state index is 8.83. The summed E-state index contributed by atoms with van der Waals surface area (Å²) < 4.78 is 5.92. The van der Waals surface area contributed by atoms with Gasteiger partial charge in [0.1, 0.15) is 12.4 Å². The lowest BCUT2D eigenvalue weighted by Gasteiger charge is -2.11. The van der Waals surface area contributed by atoms with Crippen LogP contribution in [0.2, 0.25) is 0 Å². The number of nitriles is 1. The van der Waals surface area contributed by atoms with Crippen LogP contribution >= 0.6 is 0 Å². The number of rotatable bonds is 6. The monoisotopic (exact) mass is 329 g/mol. The number of hydrogen-bond donors (Lipinski definition) is 1. The average Bonchev–Trinajstić information content (AvgIpc) is 2.67. The van der Waals surface area contributed by atoms with Gasteiger partial charge in [0.05, 0.1) is 17.3 Å². The Kier molecular flexibility index (Phi) is 5.28. The molecule has 3 aromatic rings. The van der Waals surface area contributed by atoms with Crippen LogP contribution in [0, 0.1) is 18.3 Å². The summed E-state index contributed by atoms with van der Waals surface area (Å²) in [6.45, 7) is 3.11. The quantitative estimate of drug-likeness (QED) is 0.726. The number of nitrogens with zero attached hydrogens (tertiary/aromatic N) is 2. The van der Waals surface area contributed by atoms with Crippen molar-refractivity contribution in [1.29, 1.82) is 5.26 Å². The van der Waals surface area contributed by atoms with Gasteiger partial charge in [0, 0.05) is 18.4 Å². The lowest BCUT2D eigenvalue weighted by molar-refractivity contribution is 0.302. The Morgan fingerprint density at radius 3 is 2.52 bits per heavy atom. The Balaban J connectivity index is 1.63. The molecular formula is C21H19N3O. The number of anilines is 1. The van der Waals surface area contributed by atoms with Crippen molar-refractivity contribution in [2.24, 2.45) is 0 Å². The van der Waals surface area contributed by atoms with Crippen molar-refractivity contribution in [2.75, 3.05) is 5.32 Å². The number of ether oxygens (including phenoxy) is 1. The molecular weight excluding hydrogens is 310 g/mol. The normalized spacial score (nSPS) is 10.1. The first-order chi connectivity index (χ1) is 12.2. The molecule has 25 heavy (non-hydrogen) atoms. The standard InChI is InChI=1S/C21H19N3O/c1-16-21(25-15-18-5-3-2-4-6-18)11-19(13-23-16)14-24-20-9-7-17(12-22)8-10-20/h2-11,13,24H,14-15H2,1H3. The molecule has 0 spiro atoms. The van der Waals surface area contributed by atoms with Gasteiger partial charge in [-0.1, -0.05) is 30.3 Å². The van der Waals surface area contributed by atoms with Crippen LogP contribution in [-0.4, -0.2) is 4.98 Å². The number of aryl methyl sites for hydroxylation is 1. The molecule has 0 radical (unpaired) electrons. The van der Waals surface area contributed by atoms with E-state index in [1.54, 1.807) is 12.1 Å². The third-order valence-electron chi connectivity index (χ3n) is 3.84. The van der Waals surface area contributed by atoms with Crippen LogP contribution in [0.15, 0.2) is 66.9 Å². The highest BCUT2D eigenvalue weighted by atomic mass is 16.5. The van der Waals surface area contributed by atoms with Gasteiger partial charge in [0.25, 0.3) is 0 Å². The Bertz CT molecular complexity index is 868. The third-order valence-corrected chi connectivity index (χ3v) is 3.84. The van der Waals surface area contributed by atoms with Crippen LogP contribution in [0.5, 0.6) is 5.75 Å². The van der Waals surface area contributed by atoms with E-state index in [1.807, 2.05) is 61.7 Å². The molecule has 0 fully saturated rings. The Morgan fingerprint density at radius 2 is 1.80 bits per heavy atom. The Morgan fingerprint density at radius 1 is 1.04 bits per heavy atom. The van der Waals surface area contributed by atoms with E-state index in [9.17, 15) is 0 Å². The second kappa shape index (κ2) is 7.98. The maximum Gasteiger partial charge on any atom is 0.141 e. The van der Waals surface area contributed by atoms with E-state index in [0.29, 0.717) is 18.7 Å². The lowest BCUT2D eigenvalue weighted by atomic mass is 10.2. The zero-order valence-corrected chi connectivity index (χ0v) is 14.1. The molecule has 0 aliphatic heterocycles. The summed E-state index contributed by atoms with van der Waals surface area (Å²) in [5.74, 6) is 0.794. The summed E-state index contributed by atoms with van der Waals surface area (Å²) in [6.07, 6.45) is 1.85. The molecule has 0 aliphatic carbocycles. The second-order valence-corrected chi connectivity index (χ2v) is 5.74. The van der Waals surface area contributed by atoms with Crippen LogP contribution < -0.4 is 10.1 Å². The van der Waals surface area contributed by atoms with E-state index in [0.717, 1.165) is 28.3 Å². The smallest absolute Gasteiger partial charge is 0.141 e. The Labute approximate surface area is 147 Å². The van der Waals surface area contributed by atoms with Crippen molar-refractivity contribution in [1.82, 2.24) is 4.98 Å². The van der Waals surface area contributed by atoms with Gasteiger partial charge in [-0.25, -0.2) is 0 Å². The zero-order chi connectivity index (χ0) is 17.5.